The van der Waals surface area contributed by atoms with Gasteiger partial charge in [0, 0.05) is 44.2 Å². The number of rotatable bonds is 8. The Hall–Kier alpha value is -0.877. The van der Waals surface area contributed by atoms with Gasteiger partial charge in [-0.05, 0) is 19.8 Å². The molecule has 22 heavy (non-hydrogen) atoms. The normalized spacial score (nSPS) is 8.18. The molecule has 0 aliphatic heterocycles. The third kappa shape index (κ3) is 36.5. The van der Waals surface area contributed by atoms with Gasteiger partial charge in [-0.2, -0.15) is 0 Å². The van der Waals surface area contributed by atoms with Gasteiger partial charge in [-0.15, -0.1) is 0 Å². The number of hydrogen-bond acceptors (Lipinski definition) is 7. The second-order valence-corrected chi connectivity index (χ2v) is 3.99. The molecule has 0 rings (SSSR count). The zero-order valence-corrected chi connectivity index (χ0v) is 15.8. The minimum absolute atomic E-state index is 0. The van der Waals surface area contributed by atoms with Crippen LogP contribution in [0.25, 0.3) is 0 Å². The number of aliphatic hydroxyl groups excluding tert-OH is 1. The Morgan fingerprint density at radius 3 is 1.14 bits per heavy atom. The SMILES string of the molecule is CCCC(=O)CC(=O)[O-].CCCC(=O)CC(=O)[O-].CCO.[Zr+2]. The van der Waals surface area contributed by atoms with Gasteiger partial charge in [-0.25, -0.2) is 0 Å². The molecule has 126 valence electrons. The molecule has 0 saturated heterocycles. The van der Waals surface area contributed by atoms with Crippen LogP contribution in [0.2, 0.25) is 0 Å². The average molecular weight is 396 g/mol. The van der Waals surface area contributed by atoms with E-state index in [2.05, 4.69) is 0 Å². The summed E-state index contributed by atoms with van der Waals surface area (Å²) in [6.07, 6.45) is 1.21. The Labute approximate surface area is 150 Å². The molecular weight excluding hydrogens is 371 g/mol. The summed E-state index contributed by atoms with van der Waals surface area (Å²) in [5, 5.41) is 27.1. The minimum Gasteiger partial charge on any atom is -0.550 e. The summed E-state index contributed by atoms with van der Waals surface area (Å²) in [5.74, 6) is -3.07. The predicted molar refractivity (Wildman–Crippen MR) is 71.8 cm³/mol. The van der Waals surface area contributed by atoms with E-state index in [1.807, 2.05) is 13.8 Å². The number of ketones is 2. The van der Waals surface area contributed by atoms with E-state index in [9.17, 15) is 29.4 Å². The zero-order chi connectivity index (χ0) is 17.3. The maximum absolute atomic E-state index is 10.4. The van der Waals surface area contributed by atoms with E-state index in [-0.39, 0.29) is 44.4 Å². The van der Waals surface area contributed by atoms with E-state index in [0.29, 0.717) is 25.7 Å². The van der Waals surface area contributed by atoms with Gasteiger partial charge in [-0.3, -0.25) is 9.59 Å². The maximum Gasteiger partial charge on any atom is 2.00 e. The second-order valence-electron chi connectivity index (χ2n) is 3.99. The van der Waals surface area contributed by atoms with E-state index < -0.39 is 24.8 Å². The van der Waals surface area contributed by atoms with Crippen LogP contribution in [0.15, 0.2) is 0 Å². The molecule has 0 aromatic rings. The van der Waals surface area contributed by atoms with Crippen molar-refractivity contribution in [3.63, 3.8) is 0 Å². The van der Waals surface area contributed by atoms with Crippen LogP contribution in [0.1, 0.15) is 59.3 Å². The number of carbonyl (C=O) groups excluding carboxylic acids is 4. The molecule has 0 unspecified atom stereocenters. The maximum atomic E-state index is 10.4. The molecule has 7 nitrogen and oxygen atoms in total. The van der Waals surface area contributed by atoms with Crippen molar-refractivity contribution in [2.45, 2.75) is 59.3 Å². The molecule has 0 fully saturated rings. The van der Waals surface area contributed by atoms with Crippen LogP contribution < -0.4 is 10.2 Å². The largest absolute Gasteiger partial charge is 2.00 e. The van der Waals surface area contributed by atoms with Gasteiger partial charge < -0.3 is 24.9 Å². The minimum atomic E-state index is -1.28. The predicted octanol–water partition coefficient (Wildman–Crippen LogP) is -1.01. The van der Waals surface area contributed by atoms with Crippen LogP contribution in [0, 0.1) is 0 Å². The molecule has 0 aromatic carbocycles. The van der Waals surface area contributed by atoms with Crippen molar-refractivity contribution in [2.24, 2.45) is 0 Å². The van der Waals surface area contributed by atoms with Gasteiger partial charge in [-0.1, -0.05) is 13.8 Å². The van der Waals surface area contributed by atoms with Crippen LogP contribution in [0.4, 0.5) is 0 Å². The number of carboxylic acid groups (broad SMARTS) is 2. The van der Waals surface area contributed by atoms with Crippen molar-refractivity contribution in [1.82, 2.24) is 0 Å². The number of carboxylic acids is 2. The van der Waals surface area contributed by atoms with E-state index in [0.717, 1.165) is 0 Å². The fourth-order valence-corrected chi connectivity index (χ4v) is 1.06. The number of Topliss-reactive ketones (excluding diaryl/α,β-unsaturated/α-hetero) is 2. The third-order valence-electron chi connectivity index (χ3n) is 1.74. The zero-order valence-electron chi connectivity index (χ0n) is 13.3. The molecule has 0 saturated carbocycles. The van der Waals surface area contributed by atoms with Gasteiger partial charge in [0.1, 0.15) is 11.6 Å². The summed E-state index contributed by atoms with van der Waals surface area (Å²) < 4.78 is 0. The standard InChI is InChI=1S/2C6H10O3.C2H6O.Zr/c2*1-2-3-5(7)4-6(8)9;1-2-3;/h2*2-4H2,1H3,(H,8,9);3H,2H2,1H3;/q;;;+2/p-2. The number of aliphatic hydroxyl groups is 1. The topological polar surface area (TPSA) is 135 Å². The third-order valence-corrected chi connectivity index (χ3v) is 1.74. The smallest absolute Gasteiger partial charge is 0.550 e. The quantitative estimate of drug-likeness (QED) is 0.520. The van der Waals surface area contributed by atoms with E-state index in [1.165, 1.54) is 0 Å². The fourth-order valence-electron chi connectivity index (χ4n) is 1.06. The second kappa shape index (κ2) is 22.4. The van der Waals surface area contributed by atoms with Crippen molar-refractivity contribution in [3.8, 4) is 0 Å². The summed E-state index contributed by atoms with van der Waals surface area (Å²) in [7, 11) is 0. The molecule has 0 heterocycles. The van der Waals surface area contributed by atoms with Gasteiger partial charge in [0.2, 0.25) is 0 Å². The Bertz CT molecular complexity index is 286. The monoisotopic (exact) mass is 394 g/mol. The molecule has 0 atom stereocenters. The Morgan fingerprint density at radius 1 is 0.773 bits per heavy atom. The van der Waals surface area contributed by atoms with Crippen molar-refractivity contribution >= 4 is 23.5 Å². The van der Waals surface area contributed by atoms with Crippen LogP contribution in [-0.2, 0) is 45.4 Å². The summed E-state index contributed by atoms with van der Waals surface area (Å²) in [6, 6.07) is 0. The molecule has 0 radical (unpaired) electrons. The van der Waals surface area contributed by atoms with Crippen molar-refractivity contribution in [1.29, 1.82) is 0 Å². The van der Waals surface area contributed by atoms with Gasteiger partial charge in [0.05, 0.1) is 0 Å². The average Bonchev–Trinajstić information content (AvgIpc) is 2.29. The molecule has 0 aliphatic rings. The molecule has 0 amide bonds. The Morgan fingerprint density at radius 2 is 1.00 bits per heavy atom. The molecule has 1 N–H and O–H groups in total. The van der Waals surface area contributed by atoms with Crippen LogP contribution in [-0.4, -0.2) is 35.2 Å². The summed E-state index contributed by atoms with van der Waals surface area (Å²) in [5.41, 5.74) is 0. The van der Waals surface area contributed by atoms with E-state index in [1.54, 1.807) is 6.92 Å². The molecule has 0 bridgehead atoms. The fraction of sp³-hybridized carbons (Fsp3) is 0.714. The van der Waals surface area contributed by atoms with Crippen LogP contribution >= 0.6 is 0 Å². The first-order valence-corrected chi connectivity index (χ1v) is 6.78. The number of aliphatic carboxylic acids is 2. The number of carbonyl (C=O) groups is 4. The first-order chi connectivity index (χ1) is 9.74. The van der Waals surface area contributed by atoms with E-state index >= 15 is 0 Å². The van der Waals surface area contributed by atoms with Gasteiger partial charge in [0.15, 0.2) is 0 Å². The summed E-state index contributed by atoms with van der Waals surface area (Å²) in [6.45, 7) is 5.58. The Kier molecular flexibility index (Phi) is 29.7. The summed E-state index contributed by atoms with van der Waals surface area (Å²) >= 11 is 0. The number of hydrogen-bond donors (Lipinski definition) is 1. The molecule has 0 spiro atoms. The Balaban J connectivity index is -0.000000120. The van der Waals surface area contributed by atoms with Crippen molar-refractivity contribution in [2.75, 3.05) is 6.61 Å². The first-order valence-electron chi connectivity index (χ1n) is 6.78. The molecular formula is C14H24O7Zr. The van der Waals surface area contributed by atoms with Crippen molar-refractivity contribution < 1.29 is 60.7 Å². The van der Waals surface area contributed by atoms with Gasteiger partial charge >= 0.3 is 26.2 Å². The van der Waals surface area contributed by atoms with E-state index in [4.69, 9.17) is 5.11 Å². The van der Waals surface area contributed by atoms with Crippen molar-refractivity contribution in [3.05, 3.63) is 0 Å². The molecule has 0 aliphatic carbocycles. The summed E-state index contributed by atoms with van der Waals surface area (Å²) in [4.78, 5) is 40.4. The van der Waals surface area contributed by atoms with Crippen LogP contribution in [0.3, 0.4) is 0 Å². The van der Waals surface area contributed by atoms with Gasteiger partial charge in [0.25, 0.3) is 0 Å². The first kappa shape index (κ1) is 29.2. The molecule has 0 aromatic heterocycles. The molecule has 8 heteroatoms. The van der Waals surface area contributed by atoms with Crippen LogP contribution in [0.5, 0.6) is 0 Å².